The summed E-state index contributed by atoms with van der Waals surface area (Å²) in [7, 11) is 0. The van der Waals surface area contributed by atoms with Gasteiger partial charge >= 0.3 is 0 Å². The zero-order valence-corrected chi connectivity index (χ0v) is 14.0. The minimum Gasteiger partial charge on any atom is -0.309 e. The zero-order chi connectivity index (χ0) is 13.1. The molecule has 2 rings (SSSR count). The molecule has 0 spiro atoms. The van der Waals surface area contributed by atoms with Crippen LogP contribution >= 0.6 is 38.6 Å². The van der Waals surface area contributed by atoms with Crippen molar-refractivity contribution in [2.45, 2.75) is 33.2 Å². The van der Waals surface area contributed by atoms with Crippen LogP contribution in [0.5, 0.6) is 0 Å². The minimum atomic E-state index is 0.356. The first-order valence-electron chi connectivity index (χ1n) is 6.01. The van der Waals surface area contributed by atoms with Gasteiger partial charge in [-0.15, -0.1) is 22.7 Å². The summed E-state index contributed by atoms with van der Waals surface area (Å²) >= 11 is 7.23. The molecular formula is C13H17BrN2S2. The molecule has 5 heteroatoms. The highest BCUT2D eigenvalue weighted by Crippen LogP contribution is 2.32. The Bertz CT molecular complexity index is 499. The average Bonchev–Trinajstić information content (AvgIpc) is 2.86. The van der Waals surface area contributed by atoms with Gasteiger partial charge in [0.25, 0.3) is 0 Å². The molecule has 0 amide bonds. The summed E-state index contributed by atoms with van der Waals surface area (Å²) in [5.41, 5.74) is 1.16. The molecule has 0 aromatic carbocycles. The van der Waals surface area contributed by atoms with Crippen molar-refractivity contribution >= 4 is 38.6 Å². The number of hydrogen-bond donors (Lipinski definition) is 1. The third-order valence-electron chi connectivity index (χ3n) is 2.86. The molecule has 0 fully saturated rings. The van der Waals surface area contributed by atoms with Gasteiger partial charge in [0.05, 0.1) is 10.7 Å². The predicted octanol–water partition coefficient (Wildman–Crippen LogP) is 4.48. The second-order valence-electron chi connectivity index (χ2n) is 4.20. The second-order valence-corrected chi connectivity index (χ2v) is 7.29. The third kappa shape index (κ3) is 3.20. The monoisotopic (exact) mass is 344 g/mol. The summed E-state index contributed by atoms with van der Waals surface area (Å²) in [6.07, 6.45) is 0.965. The van der Waals surface area contributed by atoms with Crippen LogP contribution in [0, 0.1) is 13.8 Å². The third-order valence-corrected chi connectivity index (χ3v) is 5.94. The molecule has 2 aromatic heterocycles. The van der Waals surface area contributed by atoms with E-state index in [1.165, 1.54) is 19.2 Å². The summed E-state index contributed by atoms with van der Waals surface area (Å²) in [6.45, 7) is 7.34. The summed E-state index contributed by atoms with van der Waals surface area (Å²) in [5, 5.41) is 6.90. The van der Waals surface area contributed by atoms with Crippen molar-refractivity contribution in [3.8, 4) is 0 Å². The summed E-state index contributed by atoms with van der Waals surface area (Å²) < 4.78 is 1.20. The van der Waals surface area contributed by atoms with E-state index < -0.39 is 0 Å². The smallest absolute Gasteiger partial charge is 0.0950 e. The van der Waals surface area contributed by atoms with Gasteiger partial charge in [0.2, 0.25) is 0 Å². The first-order chi connectivity index (χ1) is 8.61. The molecule has 2 heterocycles. The van der Waals surface area contributed by atoms with E-state index in [4.69, 9.17) is 0 Å². The Labute approximate surface area is 125 Å². The molecule has 0 saturated heterocycles. The molecule has 1 N–H and O–H groups in total. The fraction of sp³-hybridized carbons (Fsp3) is 0.462. The van der Waals surface area contributed by atoms with E-state index >= 15 is 0 Å². The van der Waals surface area contributed by atoms with Crippen LogP contribution in [0.2, 0.25) is 0 Å². The van der Waals surface area contributed by atoms with E-state index in [1.54, 1.807) is 11.3 Å². The van der Waals surface area contributed by atoms with Gasteiger partial charge in [0.1, 0.15) is 0 Å². The number of rotatable bonds is 5. The van der Waals surface area contributed by atoms with E-state index in [-0.39, 0.29) is 0 Å². The quantitative estimate of drug-likeness (QED) is 0.864. The average molecular weight is 345 g/mol. The topological polar surface area (TPSA) is 24.9 Å². The van der Waals surface area contributed by atoms with Gasteiger partial charge in [-0.05, 0) is 47.8 Å². The maximum absolute atomic E-state index is 4.64. The lowest BCUT2D eigenvalue weighted by Gasteiger charge is -2.15. The van der Waals surface area contributed by atoms with E-state index in [9.17, 15) is 0 Å². The maximum atomic E-state index is 4.64. The molecule has 0 saturated carbocycles. The normalized spacial score (nSPS) is 12.9. The Kier molecular flexibility index (Phi) is 4.95. The van der Waals surface area contributed by atoms with E-state index in [0.29, 0.717) is 6.04 Å². The number of nitrogens with one attached hydrogen (secondary N) is 1. The Morgan fingerprint density at radius 2 is 2.22 bits per heavy atom. The summed E-state index contributed by atoms with van der Waals surface area (Å²) in [5.74, 6) is 0. The number of nitrogens with zero attached hydrogens (tertiary/aromatic N) is 1. The SMILES string of the molecule is CCNC(Cc1nc(C)c(C)s1)c1sccc1Br. The van der Waals surface area contributed by atoms with Crippen LogP contribution in [0.25, 0.3) is 0 Å². The molecule has 0 aliphatic heterocycles. The highest BCUT2D eigenvalue weighted by molar-refractivity contribution is 9.10. The van der Waals surface area contributed by atoms with E-state index in [1.807, 2.05) is 11.3 Å². The Hall–Kier alpha value is -0.230. The maximum Gasteiger partial charge on any atom is 0.0950 e. The van der Waals surface area contributed by atoms with Gasteiger partial charge in [0, 0.05) is 26.7 Å². The van der Waals surface area contributed by atoms with Crippen LogP contribution in [-0.2, 0) is 6.42 Å². The standard InChI is InChI=1S/C13H17BrN2S2/c1-4-15-11(13-10(14)5-6-17-13)7-12-16-8(2)9(3)18-12/h5-6,11,15H,4,7H2,1-3H3. The van der Waals surface area contributed by atoms with Crippen LogP contribution in [0.1, 0.15) is 33.4 Å². The van der Waals surface area contributed by atoms with Gasteiger partial charge in [-0.2, -0.15) is 0 Å². The first kappa shape index (κ1) is 14.2. The Morgan fingerprint density at radius 1 is 1.44 bits per heavy atom. The van der Waals surface area contributed by atoms with E-state index in [0.717, 1.165) is 18.7 Å². The van der Waals surface area contributed by atoms with Crippen molar-refractivity contribution in [2.24, 2.45) is 0 Å². The van der Waals surface area contributed by atoms with Gasteiger partial charge in [-0.1, -0.05) is 6.92 Å². The van der Waals surface area contributed by atoms with Crippen molar-refractivity contribution in [3.63, 3.8) is 0 Å². The van der Waals surface area contributed by atoms with Crippen molar-refractivity contribution in [1.29, 1.82) is 0 Å². The molecule has 2 nitrogen and oxygen atoms in total. The van der Waals surface area contributed by atoms with Crippen molar-refractivity contribution in [3.05, 3.63) is 36.4 Å². The number of thiazole rings is 1. The highest BCUT2D eigenvalue weighted by Gasteiger charge is 2.17. The number of hydrogen-bond acceptors (Lipinski definition) is 4. The van der Waals surface area contributed by atoms with Crippen LogP contribution in [0.3, 0.4) is 0 Å². The van der Waals surface area contributed by atoms with Crippen LogP contribution in [0.15, 0.2) is 15.9 Å². The molecule has 1 atom stereocenters. The number of likely N-dealkylation sites (N-methyl/N-ethyl adjacent to an activating group) is 1. The minimum absolute atomic E-state index is 0.356. The van der Waals surface area contributed by atoms with E-state index in [2.05, 4.69) is 58.4 Å². The zero-order valence-electron chi connectivity index (χ0n) is 10.8. The second kappa shape index (κ2) is 6.28. The fourth-order valence-electron chi connectivity index (χ4n) is 1.86. The van der Waals surface area contributed by atoms with Crippen LogP contribution in [0.4, 0.5) is 0 Å². The number of halogens is 1. The van der Waals surface area contributed by atoms with Crippen molar-refractivity contribution in [2.75, 3.05) is 6.54 Å². The van der Waals surface area contributed by atoms with Crippen LogP contribution in [-0.4, -0.2) is 11.5 Å². The molecule has 0 aliphatic rings. The molecular weight excluding hydrogens is 328 g/mol. The highest BCUT2D eigenvalue weighted by atomic mass is 79.9. The molecule has 1 unspecified atom stereocenters. The molecule has 98 valence electrons. The lowest BCUT2D eigenvalue weighted by molar-refractivity contribution is 0.555. The van der Waals surface area contributed by atoms with Gasteiger partial charge in [0.15, 0.2) is 0 Å². The molecule has 0 bridgehead atoms. The van der Waals surface area contributed by atoms with Crippen LogP contribution < -0.4 is 5.32 Å². The number of aromatic nitrogens is 1. The lowest BCUT2D eigenvalue weighted by atomic mass is 10.2. The molecule has 18 heavy (non-hydrogen) atoms. The van der Waals surface area contributed by atoms with Gasteiger partial charge in [-0.25, -0.2) is 4.98 Å². The Morgan fingerprint density at radius 3 is 2.72 bits per heavy atom. The Balaban J connectivity index is 2.19. The number of aryl methyl sites for hydroxylation is 2. The van der Waals surface area contributed by atoms with Crippen molar-refractivity contribution in [1.82, 2.24) is 10.3 Å². The van der Waals surface area contributed by atoms with Gasteiger partial charge in [-0.3, -0.25) is 0 Å². The van der Waals surface area contributed by atoms with Gasteiger partial charge < -0.3 is 5.32 Å². The lowest BCUT2D eigenvalue weighted by Crippen LogP contribution is -2.22. The molecule has 2 aromatic rings. The predicted molar refractivity (Wildman–Crippen MR) is 83.7 cm³/mol. The summed E-state index contributed by atoms with van der Waals surface area (Å²) in [4.78, 5) is 7.33. The molecule has 0 radical (unpaired) electrons. The fourth-order valence-corrected chi connectivity index (χ4v) is 4.56. The molecule has 0 aliphatic carbocycles. The number of thiophene rings is 1. The largest absolute Gasteiger partial charge is 0.309 e. The summed E-state index contributed by atoms with van der Waals surface area (Å²) in [6, 6.07) is 2.47. The first-order valence-corrected chi connectivity index (χ1v) is 8.50. The van der Waals surface area contributed by atoms with Crippen molar-refractivity contribution < 1.29 is 0 Å².